The van der Waals surface area contributed by atoms with E-state index in [2.05, 4.69) is 5.10 Å². The Morgan fingerprint density at radius 3 is 2.17 bits per heavy atom. The molecule has 0 amide bonds. The second-order valence-corrected chi connectivity index (χ2v) is 8.54. The molecule has 1 aromatic heterocycles. The van der Waals surface area contributed by atoms with Gasteiger partial charge in [-0.05, 0) is 30.3 Å². The Bertz CT molecular complexity index is 1220. The summed E-state index contributed by atoms with van der Waals surface area (Å²) in [6.45, 7) is 0. The Kier molecular flexibility index (Phi) is 5.54. The molecule has 12 heteroatoms. The Morgan fingerprint density at radius 1 is 1.07 bits per heavy atom. The maximum absolute atomic E-state index is 14.3. The fraction of sp³-hybridized carbons (Fsp3) is 0.167. The number of hydrogen-bond donors (Lipinski definition) is 0. The van der Waals surface area contributed by atoms with Gasteiger partial charge < -0.3 is 4.74 Å². The molecule has 3 rings (SSSR count). The molecule has 0 radical (unpaired) electrons. The largest absolute Gasteiger partial charge is 0.495 e. The highest BCUT2D eigenvalue weighted by atomic mass is 35.5. The van der Waals surface area contributed by atoms with Gasteiger partial charge in [0.1, 0.15) is 22.3 Å². The molecule has 0 saturated heterocycles. The molecule has 3 aromatic rings. The fourth-order valence-electron chi connectivity index (χ4n) is 2.76. The van der Waals surface area contributed by atoms with Crippen molar-refractivity contribution in [1.29, 1.82) is 0 Å². The summed E-state index contributed by atoms with van der Waals surface area (Å²) in [7, 11) is -2.94. The quantitative estimate of drug-likeness (QED) is 0.513. The highest BCUT2D eigenvalue weighted by Gasteiger charge is 2.35. The Labute approximate surface area is 172 Å². The van der Waals surface area contributed by atoms with Crippen LogP contribution in [0, 0.1) is 11.6 Å². The van der Waals surface area contributed by atoms with Crippen molar-refractivity contribution >= 4 is 21.4 Å². The van der Waals surface area contributed by atoms with Crippen LogP contribution >= 0.6 is 11.6 Å². The summed E-state index contributed by atoms with van der Waals surface area (Å²) < 4.78 is 97.4. The Morgan fingerprint density at radius 2 is 1.67 bits per heavy atom. The number of sulfone groups is 1. The molecule has 5 nitrogen and oxygen atoms in total. The minimum Gasteiger partial charge on any atom is -0.495 e. The van der Waals surface area contributed by atoms with Crippen LogP contribution in [0.3, 0.4) is 0 Å². The molecule has 0 unspecified atom stereocenters. The lowest BCUT2D eigenvalue weighted by atomic mass is 10.1. The van der Waals surface area contributed by atoms with E-state index < -0.39 is 38.2 Å². The second kappa shape index (κ2) is 7.55. The standard InChI is InChI=1S/C18H12ClF5N2O3S/c1-29-15-7-10(3-4-11(15)19)26-14(8-16(25-26)18(22,23)24)9-5-12(20)17(13(21)6-9)30(2,27)28/h3-8H,1-2H3. The minimum atomic E-state index is -4.85. The van der Waals surface area contributed by atoms with E-state index in [9.17, 15) is 30.4 Å². The highest BCUT2D eigenvalue weighted by molar-refractivity contribution is 7.90. The first-order valence-electron chi connectivity index (χ1n) is 8.03. The molecule has 2 aromatic carbocycles. The van der Waals surface area contributed by atoms with E-state index in [1.54, 1.807) is 0 Å². The normalized spacial score (nSPS) is 12.3. The van der Waals surface area contributed by atoms with E-state index in [0.29, 0.717) is 24.5 Å². The van der Waals surface area contributed by atoms with Gasteiger partial charge in [0, 0.05) is 17.9 Å². The van der Waals surface area contributed by atoms with Crippen LogP contribution in [0.25, 0.3) is 16.9 Å². The maximum Gasteiger partial charge on any atom is 0.435 e. The molecular weight excluding hydrogens is 455 g/mol. The molecule has 0 aliphatic rings. The van der Waals surface area contributed by atoms with E-state index in [-0.39, 0.29) is 27.7 Å². The predicted octanol–water partition coefficient (Wildman–Crippen LogP) is 4.90. The summed E-state index contributed by atoms with van der Waals surface area (Å²) in [5.74, 6) is -2.75. The summed E-state index contributed by atoms with van der Waals surface area (Å²) in [5.41, 5.74) is -1.94. The van der Waals surface area contributed by atoms with Crippen LogP contribution in [-0.4, -0.2) is 31.6 Å². The second-order valence-electron chi connectivity index (χ2n) is 6.18. The average molecular weight is 467 g/mol. The van der Waals surface area contributed by atoms with Gasteiger partial charge in [-0.15, -0.1) is 0 Å². The molecule has 160 valence electrons. The lowest BCUT2D eigenvalue weighted by Crippen LogP contribution is -2.08. The Hall–Kier alpha value is -2.66. The number of aromatic nitrogens is 2. The van der Waals surface area contributed by atoms with Gasteiger partial charge >= 0.3 is 6.18 Å². The summed E-state index contributed by atoms with van der Waals surface area (Å²) in [4.78, 5) is -1.18. The lowest BCUT2D eigenvalue weighted by Gasteiger charge is -2.11. The van der Waals surface area contributed by atoms with Gasteiger partial charge in [-0.25, -0.2) is 21.9 Å². The summed E-state index contributed by atoms with van der Waals surface area (Å²) in [6, 6.07) is 5.81. The molecule has 0 atom stereocenters. The third-order valence-corrected chi connectivity index (χ3v) is 5.49. The van der Waals surface area contributed by atoms with Gasteiger partial charge in [0.05, 0.1) is 23.5 Å². The van der Waals surface area contributed by atoms with E-state index in [1.165, 1.54) is 25.3 Å². The van der Waals surface area contributed by atoms with Gasteiger partial charge in [-0.1, -0.05) is 11.6 Å². The lowest BCUT2D eigenvalue weighted by molar-refractivity contribution is -0.141. The smallest absolute Gasteiger partial charge is 0.435 e. The van der Waals surface area contributed by atoms with Gasteiger partial charge in [0.2, 0.25) is 0 Å². The molecule has 30 heavy (non-hydrogen) atoms. The third-order valence-electron chi connectivity index (χ3n) is 4.04. The van der Waals surface area contributed by atoms with Crippen molar-refractivity contribution in [1.82, 2.24) is 9.78 Å². The molecule has 0 saturated carbocycles. The first-order chi connectivity index (χ1) is 13.8. The first-order valence-corrected chi connectivity index (χ1v) is 10.3. The van der Waals surface area contributed by atoms with Crippen LogP contribution in [-0.2, 0) is 16.0 Å². The summed E-state index contributed by atoms with van der Waals surface area (Å²) in [6.07, 6.45) is -4.24. The predicted molar refractivity (Wildman–Crippen MR) is 98.6 cm³/mol. The van der Waals surface area contributed by atoms with Crippen LogP contribution in [0.5, 0.6) is 5.75 Å². The number of methoxy groups -OCH3 is 1. The molecular formula is C18H12ClF5N2O3S. The Balaban J connectivity index is 2.29. The van der Waals surface area contributed by atoms with Crippen molar-refractivity contribution in [2.24, 2.45) is 0 Å². The van der Waals surface area contributed by atoms with Crippen molar-refractivity contribution in [3.63, 3.8) is 0 Å². The van der Waals surface area contributed by atoms with Gasteiger partial charge in [0.15, 0.2) is 15.5 Å². The zero-order valence-corrected chi connectivity index (χ0v) is 16.8. The highest BCUT2D eigenvalue weighted by Crippen LogP contribution is 2.36. The van der Waals surface area contributed by atoms with Crippen LogP contribution in [0.2, 0.25) is 5.02 Å². The van der Waals surface area contributed by atoms with E-state index in [4.69, 9.17) is 16.3 Å². The number of nitrogens with zero attached hydrogens (tertiary/aromatic N) is 2. The van der Waals surface area contributed by atoms with Crippen LogP contribution in [0.15, 0.2) is 41.3 Å². The summed E-state index contributed by atoms with van der Waals surface area (Å²) in [5, 5.41) is 3.67. The van der Waals surface area contributed by atoms with Crippen molar-refractivity contribution in [3.8, 4) is 22.7 Å². The van der Waals surface area contributed by atoms with Crippen molar-refractivity contribution < 1.29 is 35.1 Å². The molecule has 0 bridgehead atoms. The SMILES string of the molecule is COc1cc(-n2nc(C(F)(F)F)cc2-c2cc(F)c(S(C)(=O)=O)c(F)c2)ccc1Cl. The molecule has 0 fully saturated rings. The van der Waals surface area contributed by atoms with E-state index >= 15 is 0 Å². The summed E-state index contributed by atoms with van der Waals surface area (Å²) >= 11 is 5.93. The van der Waals surface area contributed by atoms with Crippen molar-refractivity contribution in [3.05, 3.63) is 58.7 Å². The molecule has 0 aliphatic carbocycles. The van der Waals surface area contributed by atoms with Crippen molar-refractivity contribution in [2.45, 2.75) is 11.1 Å². The number of benzene rings is 2. The minimum absolute atomic E-state index is 0.0646. The number of rotatable bonds is 4. The monoisotopic (exact) mass is 466 g/mol. The third kappa shape index (κ3) is 4.12. The number of hydrogen-bond acceptors (Lipinski definition) is 4. The van der Waals surface area contributed by atoms with Crippen LogP contribution in [0.1, 0.15) is 5.69 Å². The number of halogens is 6. The zero-order valence-electron chi connectivity index (χ0n) is 15.3. The van der Waals surface area contributed by atoms with Gasteiger partial charge in [-0.3, -0.25) is 0 Å². The van der Waals surface area contributed by atoms with Crippen molar-refractivity contribution in [2.75, 3.05) is 13.4 Å². The van der Waals surface area contributed by atoms with E-state index in [0.717, 1.165) is 4.68 Å². The average Bonchev–Trinajstić information content (AvgIpc) is 3.06. The van der Waals surface area contributed by atoms with Crippen LogP contribution in [0.4, 0.5) is 22.0 Å². The van der Waals surface area contributed by atoms with Gasteiger partial charge in [-0.2, -0.15) is 18.3 Å². The molecule has 0 N–H and O–H groups in total. The number of ether oxygens (including phenoxy) is 1. The maximum atomic E-state index is 14.3. The van der Waals surface area contributed by atoms with Crippen LogP contribution < -0.4 is 4.74 Å². The molecule has 0 aliphatic heterocycles. The van der Waals surface area contributed by atoms with E-state index in [1.807, 2.05) is 0 Å². The number of alkyl halides is 3. The molecule has 0 spiro atoms. The topological polar surface area (TPSA) is 61.2 Å². The first kappa shape index (κ1) is 22.0. The molecule has 1 heterocycles. The van der Waals surface area contributed by atoms with Gasteiger partial charge in [0.25, 0.3) is 0 Å². The fourth-order valence-corrected chi connectivity index (χ4v) is 3.79. The zero-order chi connectivity index (χ0) is 22.4.